The first kappa shape index (κ1) is 12.8. The van der Waals surface area contributed by atoms with Gasteiger partial charge in [0, 0.05) is 16.7 Å². The minimum atomic E-state index is -1.09. The van der Waals surface area contributed by atoms with Crippen LogP contribution in [0.2, 0.25) is 0 Å². The van der Waals surface area contributed by atoms with E-state index >= 15 is 0 Å². The van der Waals surface area contributed by atoms with Crippen LogP contribution in [0.25, 0.3) is 0 Å². The number of hydrogen-bond donors (Lipinski definition) is 3. The first-order chi connectivity index (χ1) is 8.56. The number of aromatic nitrogens is 1. The largest absolute Gasteiger partial charge is 0.478 e. The molecule has 6 nitrogen and oxygen atoms in total. The van der Waals surface area contributed by atoms with E-state index in [1.165, 1.54) is 12.3 Å². The van der Waals surface area contributed by atoms with Gasteiger partial charge in [0.2, 0.25) is 5.91 Å². The number of nitrogens with one attached hydrogen (secondary N) is 2. The van der Waals surface area contributed by atoms with E-state index in [9.17, 15) is 9.59 Å². The predicted octanol–water partition coefficient (Wildman–Crippen LogP) is 1.23. The van der Waals surface area contributed by atoms with Crippen LogP contribution < -0.4 is 10.6 Å². The lowest BCUT2D eigenvalue weighted by atomic mass is 10.2. The molecule has 3 N–H and O–H groups in total. The number of carboxylic acids is 1. The van der Waals surface area contributed by atoms with Crippen molar-refractivity contribution in [3.63, 3.8) is 0 Å². The summed E-state index contributed by atoms with van der Waals surface area (Å²) in [5.41, 5.74) is 0.0311. The van der Waals surface area contributed by atoms with Crippen LogP contribution in [-0.4, -0.2) is 34.6 Å². The third kappa shape index (κ3) is 3.43. The molecule has 1 aromatic rings. The van der Waals surface area contributed by atoms with Crippen molar-refractivity contribution in [3.05, 3.63) is 22.3 Å². The van der Waals surface area contributed by atoms with Crippen LogP contribution in [0.4, 0.5) is 5.82 Å². The highest BCUT2D eigenvalue weighted by atomic mass is 79.9. The van der Waals surface area contributed by atoms with Crippen molar-refractivity contribution < 1.29 is 14.7 Å². The summed E-state index contributed by atoms with van der Waals surface area (Å²) in [5.74, 6) is -1.05. The fourth-order valence-electron chi connectivity index (χ4n) is 1.41. The Kier molecular flexibility index (Phi) is 3.81. The molecule has 96 valence electrons. The van der Waals surface area contributed by atoms with Crippen LogP contribution in [0.5, 0.6) is 0 Å². The molecule has 0 bridgehead atoms. The van der Waals surface area contributed by atoms with Gasteiger partial charge in [0.1, 0.15) is 11.4 Å². The standard InChI is InChI=1S/C11H12BrN3O3/c12-6-3-8(11(17)18)10(13-4-6)14-5-9(16)15-7-1-2-7/h3-4,7H,1-2,5H2,(H,13,14)(H,15,16)(H,17,18). The second-order valence-corrected chi connectivity index (χ2v) is 4.97. The van der Waals surface area contributed by atoms with E-state index in [-0.39, 0.29) is 29.9 Å². The lowest BCUT2D eigenvalue weighted by Gasteiger charge is -2.08. The smallest absolute Gasteiger partial charge is 0.339 e. The summed E-state index contributed by atoms with van der Waals surface area (Å²) >= 11 is 3.15. The van der Waals surface area contributed by atoms with Crippen LogP contribution >= 0.6 is 15.9 Å². The quantitative estimate of drug-likeness (QED) is 0.760. The SMILES string of the molecule is O=C(CNc1ncc(Br)cc1C(=O)O)NC1CC1. The summed E-state index contributed by atoms with van der Waals surface area (Å²) < 4.78 is 0.577. The second-order valence-electron chi connectivity index (χ2n) is 4.05. The maximum absolute atomic E-state index is 11.5. The zero-order chi connectivity index (χ0) is 13.1. The van der Waals surface area contributed by atoms with E-state index in [1.807, 2.05) is 0 Å². The molecule has 1 aliphatic carbocycles. The molecular formula is C11H12BrN3O3. The number of aromatic carboxylic acids is 1. The molecule has 0 saturated heterocycles. The lowest BCUT2D eigenvalue weighted by Crippen LogP contribution is -2.31. The highest BCUT2D eigenvalue weighted by Gasteiger charge is 2.23. The first-order valence-electron chi connectivity index (χ1n) is 5.48. The zero-order valence-corrected chi connectivity index (χ0v) is 11.0. The fourth-order valence-corrected chi connectivity index (χ4v) is 1.74. The maximum atomic E-state index is 11.5. The summed E-state index contributed by atoms with van der Waals surface area (Å²) in [5, 5.41) is 14.5. The average Bonchev–Trinajstić information content (AvgIpc) is 3.11. The number of anilines is 1. The second kappa shape index (κ2) is 5.34. The fraction of sp³-hybridized carbons (Fsp3) is 0.364. The van der Waals surface area contributed by atoms with Crippen molar-refractivity contribution in [2.75, 3.05) is 11.9 Å². The van der Waals surface area contributed by atoms with Crippen molar-refractivity contribution in [3.8, 4) is 0 Å². The van der Waals surface area contributed by atoms with Crippen molar-refractivity contribution in [1.29, 1.82) is 0 Å². The van der Waals surface area contributed by atoms with Crippen LogP contribution in [0.3, 0.4) is 0 Å². The minimum Gasteiger partial charge on any atom is -0.478 e. The van der Waals surface area contributed by atoms with Crippen LogP contribution in [-0.2, 0) is 4.79 Å². The Morgan fingerprint density at radius 3 is 2.83 bits per heavy atom. The molecule has 0 radical (unpaired) electrons. The molecule has 1 heterocycles. The molecule has 0 unspecified atom stereocenters. The monoisotopic (exact) mass is 313 g/mol. The van der Waals surface area contributed by atoms with Crippen molar-refractivity contribution in [2.24, 2.45) is 0 Å². The van der Waals surface area contributed by atoms with Crippen LogP contribution in [0.1, 0.15) is 23.2 Å². The Labute approximate surface area is 112 Å². The molecule has 1 fully saturated rings. The molecule has 0 atom stereocenters. The molecule has 18 heavy (non-hydrogen) atoms. The van der Waals surface area contributed by atoms with E-state index in [0.717, 1.165) is 12.8 Å². The maximum Gasteiger partial charge on any atom is 0.339 e. The van der Waals surface area contributed by atoms with E-state index in [2.05, 4.69) is 31.5 Å². The van der Waals surface area contributed by atoms with Gasteiger partial charge < -0.3 is 15.7 Å². The zero-order valence-electron chi connectivity index (χ0n) is 9.44. The molecule has 0 spiro atoms. The van der Waals surface area contributed by atoms with Crippen molar-refractivity contribution in [2.45, 2.75) is 18.9 Å². The number of hydrogen-bond acceptors (Lipinski definition) is 4. The number of carbonyl (C=O) groups is 2. The molecule has 7 heteroatoms. The number of pyridine rings is 1. The number of halogens is 1. The van der Waals surface area contributed by atoms with E-state index in [0.29, 0.717) is 4.47 Å². The van der Waals surface area contributed by atoms with Crippen molar-refractivity contribution >= 4 is 33.6 Å². The third-order valence-corrected chi connectivity index (χ3v) is 2.88. The van der Waals surface area contributed by atoms with Crippen molar-refractivity contribution in [1.82, 2.24) is 10.3 Å². The summed E-state index contributed by atoms with van der Waals surface area (Å²) in [6.07, 6.45) is 3.51. The summed E-state index contributed by atoms with van der Waals surface area (Å²) in [4.78, 5) is 26.4. The highest BCUT2D eigenvalue weighted by Crippen LogP contribution is 2.19. The van der Waals surface area contributed by atoms with Crippen LogP contribution in [0.15, 0.2) is 16.7 Å². The Bertz CT molecular complexity index is 488. The summed E-state index contributed by atoms with van der Waals surface area (Å²) in [6.45, 7) is 0.0193. The normalized spacial score (nSPS) is 14.1. The Balaban J connectivity index is 1.99. The van der Waals surface area contributed by atoms with E-state index in [4.69, 9.17) is 5.11 Å². The van der Waals surface area contributed by atoms with Gasteiger partial charge in [-0.05, 0) is 34.8 Å². The van der Waals surface area contributed by atoms with Gasteiger partial charge >= 0.3 is 5.97 Å². The third-order valence-electron chi connectivity index (χ3n) is 2.44. The molecule has 1 saturated carbocycles. The van der Waals surface area contributed by atoms with Gasteiger partial charge in [-0.15, -0.1) is 0 Å². The van der Waals surface area contributed by atoms with Gasteiger partial charge in [-0.2, -0.15) is 0 Å². The average molecular weight is 314 g/mol. The Morgan fingerprint density at radius 2 is 2.22 bits per heavy atom. The van der Waals surface area contributed by atoms with E-state index < -0.39 is 5.97 Å². The number of nitrogens with zero attached hydrogens (tertiary/aromatic N) is 1. The molecule has 1 aliphatic rings. The number of carbonyl (C=O) groups excluding carboxylic acids is 1. The Morgan fingerprint density at radius 1 is 1.50 bits per heavy atom. The Hall–Kier alpha value is -1.63. The molecule has 1 aromatic heterocycles. The highest BCUT2D eigenvalue weighted by molar-refractivity contribution is 9.10. The van der Waals surface area contributed by atoms with Gasteiger partial charge in [0.25, 0.3) is 0 Å². The number of carboxylic acid groups (broad SMARTS) is 1. The van der Waals surface area contributed by atoms with E-state index in [1.54, 1.807) is 0 Å². The molecule has 1 amide bonds. The molecular weight excluding hydrogens is 302 g/mol. The molecule has 0 aromatic carbocycles. The molecule has 0 aliphatic heterocycles. The molecule has 2 rings (SSSR count). The van der Waals surface area contributed by atoms with Gasteiger partial charge in [-0.3, -0.25) is 4.79 Å². The summed E-state index contributed by atoms with van der Waals surface area (Å²) in [7, 11) is 0. The predicted molar refractivity (Wildman–Crippen MR) is 68.6 cm³/mol. The van der Waals surface area contributed by atoms with Gasteiger partial charge in [0.05, 0.1) is 6.54 Å². The van der Waals surface area contributed by atoms with Gasteiger partial charge in [-0.1, -0.05) is 0 Å². The minimum absolute atomic E-state index is 0.0193. The van der Waals surface area contributed by atoms with Crippen LogP contribution in [0, 0.1) is 0 Å². The first-order valence-corrected chi connectivity index (χ1v) is 6.27. The number of amides is 1. The van der Waals surface area contributed by atoms with Gasteiger partial charge in [-0.25, -0.2) is 9.78 Å². The van der Waals surface area contributed by atoms with Gasteiger partial charge in [0.15, 0.2) is 0 Å². The summed E-state index contributed by atoms with van der Waals surface area (Å²) in [6, 6.07) is 1.73. The lowest BCUT2D eigenvalue weighted by molar-refractivity contribution is -0.119. The number of rotatable bonds is 5. The topological polar surface area (TPSA) is 91.3 Å².